The number of amidine groups is 1. The van der Waals surface area contributed by atoms with Gasteiger partial charge < -0.3 is 9.64 Å². The first kappa shape index (κ1) is 18.8. The first-order valence-corrected chi connectivity index (χ1v) is 10.5. The molecule has 2 aliphatic heterocycles. The van der Waals surface area contributed by atoms with Crippen LogP contribution in [-0.2, 0) is 11.2 Å². The Hall–Kier alpha value is -2.53. The predicted molar refractivity (Wildman–Crippen MR) is 115 cm³/mol. The maximum absolute atomic E-state index is 12.4. The summed E-state index contributed by atoms with van der Waals surface area (Å²) in [5.74, 6) is 1.31. The number of aliphatic imine (C=N–C) groups is 1. The number of rotatable bonds is 4. The third kappa shape index (κ3) is 4.30. The molecule has 0 radical (unpaired) electrons. The molecular weight excluding hydrogens is 368 g/mol. The fourth-order valence-corrected chi connectivity index (χ4v) is 4.69. The number of ether oxygens (including phenoxy) is 1. The summed E-state index contributed by atoms with van der Waals surface area (Å²) in [4.78, 5) is 19.6. The van der Waals surface area contributed by atoms with Gasteiger partial charge in [0.15, 0.2) is 5.17 Å². The second-order valence-corrected chi connectivity index (χ2v) is 8.18. The highest BCUT2D eigenvalue weighted by atomic mass is 32.2. The number of likely N-dealkylation sites (tertiary alicyclic amines) is 1. The van der Waals surface area contributed by atoms with E-state index in [0.29, 0.717) is 10.8 Å². The molecule has 0 atom stereocenters. The fourth-order valence-electron chi connectivity index (χ4n) is 3.74. The number of methoxy groups -OCH3 is 1. The molecule has 1 fully saturated rings. The molecule has 2 heterocycles. The average molecular weight is 393 g/mol. The van der Waals surface area contributed by atoms with Gasteiger partial charge >= 0.3 is 0 Å². The molecule has 0 bridgehead atoms. The standard InChI is InChI=1S/C23H24N2O2S/c1-27-20-10-6-5-9-19(20)16-21-22(26)24-23(28-21)25-13-11-18(12-14-25)15-17-7-3-2-4-8-17/h2-10,16,18H,11-15H2,1H3/b21-16+. The topological polar surface area (TPSA) is 41.9 Å². The van der Waals surface area contributed by atoms with E-state index in [0.717, 1.165) is 48.8 Å². The van der Waals surface area contributed by atoms with Crippen molar-refractivity contribution < 1.29 is 9.53 Å². The van der Waals surface area contributed by atoms with Crippen molar-refractivity contribution in [2.75, 3.05) is 20.2 Å². The average Bonchev–Trinajstić information content (AvgIpc) is 3.10. The maximum atomic E-state index is 12.4. The number of thioether (sulfide) groups is 1. The lowest BCUT2D eigenvalue weighted by Crippen LogP contribution is -2.37. The zero-order valence-corrected chi connectivity index (χ0v) is 16.8. The van der Waals surface area contributed by atoms with Crippen molar-refractivity contribution >= 4 is 28.9 Å². The molecule has 2 aliphatic rings. The number of amides is 1. The van der Waals surface area contributed by atoms with Crippen molar-refractivity contribution in [1.82, 2.24) is 4.90 Å². The van der Waals surface area contributed by atoms with Crippen LogP contribution in [-0.4, -0.2) is 36.2 Å². The van der Waals surface area contributed by atoms with E-state index >= 15 is 0 Å². The van der Waals surface area contributed by atoms with Crippen LogP contribution in [0.2, 0.25) is 0 Å². The van der Waals surface area contributed by atoms with E-state index in [1.165, 1.54) is 17.3 Å². The van der Waals surface area contributed by atoms with E-state index < -0.39 is 0 Å². The number of carbonyl (C=O) groups excluding carboxylic acids is 1. The van der Waals surface area contributed by atoms with Crippen LogP contribution in [0.15, 0.2) is 64.5 Å². The normalized spacial score (nSPS) is 19.2. The van der Waals surface area contributed by atoms with Crippen LogP contribution in [0.25, 0.3) is 6.08 Å². The van der Waals surface area contributed by atoms with Crippen LogP contribution in [0.5, 0.6) is 5.75 Å². The first-order chi connectivity index (χ1) is 13.7. The van der Waals surface area contributed by atoms with Crippen LogP contribution >= 0.6 is 11.8 Å². The number of nitrogens with zero attached hydrogens (tertiary/aromatic N) is 2. The molecule has 0 saturated carbocycles. The van der Waals surface area contributed by atoms with Crippen molar-refractivity contribution in [2.45, 2.75) is 19.3 Å². The molecule has 0 aromatic heterocycles. The summed E-state index contributed by atoms with van der Waals surface area (Å²) in [5.41, 5.74) is 2.31. The molecule has 144 valence electrons. The third-order valence-electron chi connectivity index (χ3n) is 5.29. The molecule has 2 aromatic carbocycles. The lowest BCUT2D eigenvalue weighted by atomic mass is 9.90. The summed E-state index contributed by atoms with van der Waals surface area (Å²) in [6, 6.07) is 18.4. The van der Waals surface area contributed by atoms with E-state index in [1.807, 2.05) is 30.3 Å². The molecule has 4 rings (SSSR count). The Labute approximate surface area is 170 Å². The lowest BCUT2D eigenvalue weighted by molar-refractivity contribution is -0.113. The van der Waals surface area contributed by atoms with Crippen LogP contribution in [0.1, 0.15) is 24.0 Å². The lowest BCUT2D eigenvalue weighted by Gasteiger charge is -2.32. The smallest absolute Gasteiger partial charge is 0.286 e. The molecule has 0 aliphatic carbocycles. The van der Waals surface area contributed by atoms with Gasteiger partial charge in [-0.3, -0.25) is 4.79 Å². The molecule has 1 amide bonds. The van der Waals surface area contributed by atoms with E-state index in [-0.39, 0.29) is 5.91 Å². The van der Waals surface area contributed by atoms with Gasteiger partial charge in [0, 0.05) is 18.7 Å². The highest BCUT2D eigenvalue weighted by Crippen LogP contribution is 2.34. The van der Waals surface area contributed by atoms with Gasteiger partial charge in [-0.05, 0) is 54.6 Å². The van der Waals surface area contributed by atoms with Gasteiger partial charge in [-0.1, -0.05) is 48.5 Å². The minimum atomic E-state index is -0.155. The molecule has 2 aromatic rings. The fraction of sp³-hybridized carbons (Fsp3) is 0.304. The zero-order valence-electron chi connectivity index (χ0n) is 16.0. The Morgan fingerprint density at radius 1 is 1.11 bits per heavy atom. The summed E-state index contributed by atoms with van der Waals surface area (Å²) >= 11 is 1.48. The molecule has 28 heavy (non-hydrogen) atoms. The van der Waals surface area contributed by atoms with E-state index in [9.17, 15) is 4.79 Å². The second kappa shape index (κ2) is 8.65. The summed E-state index contributed by atoms with van der Waals surface area (Å²) in [5, 5.41) is 0.837. The minimum absolute atomic E-state index is 0.155. The minimum Gasteiger partial charge on any atom is -0.496 e. The van der Waals surface area contributed by atoms with Crippen molar-refractivity contribution in [1.29, 1.82) is 0 Å². The van der Waals surface area contributed by atoms with Gasteiger partial charge in [0.25, 0.3) is 5.91 Å². The van der Waals surface area contributed by atoms with Gasteiger partial charge in [-0.15, -0.1) is 0 Å². The predicted octanol–water partition coefficient (Wildman–Crippen LogP) is 4.62. The number of carbonyl (C=O) groups is 1. The van der Waals surface area contributed by atoms with E-state index in [1.54, 1.807) is 7.11 Å². The van der Waals surface area contributed by atoms with Crippen LogP contribution in [0, 0.1) is 5.92 Å². The molecular formula is C23H24N2O2S. The highest BCUT2D eigenvalue weighted by molar-refractivity contribution is 8.18. The van der Waals surface area contributed by atoms with Gasteiger partial charge in [0.1, 0.15) is 5.75 Å². The number of benzene rings is 2. The van der Waals surface area contributed by atoms with Crippen LogP contribution < -0.4 is 4.74 Å². The summed E-state index contributed by atoms with van der Waals surface area (Å²) in [6.07, 6.45) is 5.28. The number of hydrogen-bond donors (Lipinski definition) is 0. The largest absolute Gasteiger partial charge is 0.496 e. The highest BCUT2D eigenvalue weighted by Gasteiger charge is 2.29. The van der Waals surface area contributed by atoms with Crippen molar-refractivity contribution in [3.8, 4) is 5.75 Å². The Morgan fingerprint density at radius 2 is 1.82 bits per heavy atom. The number of hydrogen-bond acceptors (Lipinski definition) is 4. The monoisotopic (exact) mass is 392 g/mol. The summed E-state index contributed by atoms with van der Waals surface area (Å²) < 4.78 is 5.38. The van der Waals surface area contributed by atoms with Gasteiger partial charge in [0.2, 0.25) is 0 Å². The molecule has 0 N–H and O–H groups in total. The number of para-hydroxylation sites is 1. The number of piperidine rings is 1. The first-order valence-electron chi connectivity index (χ1n) is 9.67. The SMILES string of the molecule is COc1ccccc1/C=C1/SC(N2CCC(Cc3ccccc3)CC2)=NC1=O. The maximum Gasteiger partial charge on any atom is 0.286 e. The molecule has 1 saturated heterocycles. The third-order valence-corrected chi connectivity index (χ3v) is 6.33. The molecule has 0 unspecified atom stereocenters. The van der Waals surface area contributed by atoms with Crippen molar-refractivity contribution in [2.24, 2.45) is 10.9 Å². The second-order valence-electron chi connectivity index (χ2n) is 7.17. The van der Waals surface area contributed by atoms with Crippen LogP contribution in [0.3, 0.4) is 0 Å². The van der Waals surface area contributed by atoms with Gasteiger partial charge in [-0.2, -0.15) is 4.99 Å². The summed E-state index contributed by atoms with van der Waals surface area (Å²) in [7, 11) is 1.64. The summed E-state index contributed by atoms with van der Waals surface area (Å²) in [6.45, 7) is 1.91. The molecule has 5 heteroatoms. The van der Waals surface area contributed by atoms with Gasteiger partial charge in [-0.25, -0.2) is 0 Å². The molecule has 0 spiro atoms. The Kier molecular flexibility index (Phi) is 5.81. The van der Waals surface area contributed by atoms with E-state index in [2.05, 4.69) is 40.2 Å². The molecule has 4 nitrogen and oxygen atoms in total. The Morgan fingerprint density at radius 3 is 2.57 bits per heavy atom. The van der Waals surface area contributed by atoms with Crippen molar-refractivity contribution in [3.05, 3.63) is 70.6 Å². The quantitative estimate of drug-likeness (QED) is 0.712. The Bertz CT molecular complexity index is 900. The van der Waals surface area contributed by atoms with Gasteiger partial charge in [0.05, 0.1) is 12.0 Å². The zero-order chi connectivity index (χ0) is 19.3. The van der Waals surface area contributed by atoms with Crippen molar-refractivity contribution in [3.63, 3.8) is 0 Å². The Balaban J connectivity index is 1.37. The van der Waals surface area contributed by atoms with Crippen LogP contribution in [0.4, 0.5) is 0 Å². The van der Waals surface area contributed by atoms with E-state index in [4.69, 9.17) is 4.74 Å².